The fraction of sp³-hybridized carbons (Fsp3) is 0.917. The first-order valence-electron chi connectivity index (χ1n) is 12.0. The van der Waals surface area contributed by atoms with Crippen molar-refractivity contribution in [3.8, 4) is 0 Å². The predicted octanol–water partition coefficient (Wildman–Crippen LogP) is 6.07. The molecule has 2 fully saturated rings. The molecule has 2 aliphatic rings. The van der Waals surface area contributed by atoms with E-state index in [0.717, 1.165) is 77.0 Å². The zero-order valence-electron chi connectivity index (χ0n) is 18.3. The van der Waals surface area contributed by atoms with Gasteiger partial charge in [0.15, 0.2) is 0 Å². The Balaban J connectivity index is 2.20. The van der Waals surface area contributed by atoms with Crippen LogP contribution in [-0.2, 0) is 19.1 Å². The smallest absolute Gasteiger partial charge is 0.310 e. The molecule has 0 aliphatic heterocycles. The fourth-order valence-corrected chi connectivity index (χ4v) is 5.08. The van der Waals surface area contributed by atoms with E-state index >= 15 is 0 Å². The molecule has 0 spiro atoms. The highest BCUT2D eigenvalue weighted by molar-refractivity contribution is 5.82. The van der Waals surface area contributed by atoms with Crippen LogP contribution in [0.5, 0.6) is 0 Å². The minimum absolute atomic E-state index is 0.136. The van der Waals surface area contributed by atoms with Crippen LogP contribution in [0.15, 0.2) is 0 Å². The Kier molecular flexibility index (Phi) is 11.0. The second kappa shape index (κ2) is 13.2. The molecule has 2 saturated carbocycles. The number of carbonyl (C=O) groups excluding carboxylic acids is 2. The van der Waals surface area contributed by atoms with E-state index in [9.17, 15) is 9.59 Å². The van der Waals surface area contributed by atoms with Crippen molar-refractivity contribution in [1.82, 2.24) is 0 Å². The minimum Gasteiger partial charge on any atom is -0.465 e. The quantitative estimate of drug-likeness (QED) is 0.315. The van der Waals surface area contributed by atoms with E-state index in [1.54, 1.807) is 0 Å². The Labute approximate surface area is 172 Å². The van der Waals surface area contributed by atoms with Gasteiger partial charge in [0.1, 0.15) is 0 Å². The summed E-state index contributed by atoms with van der Waals surface area (Å²) in [4.78, 5) is 26.4. The van der Waals surface area contributed by atoms with Crippen LogP contribution < -0.4 is 0 Å². The Morgan fingerprint density at radius 3 is 1.36 bits per heavy atom. The molecule has 4 nitrogen and oxygen atoms in total. The van der Waals surface area contributed by atoms with E-state index in [0.29, 0.717) is 13.2 Å². The largest absolute Gasteiger partial charge is 0.465 e. The van der Waals surface area contributed by atoms with Crippen molar-refractivity contribution in [2.24, 2.45) is 23.7 Å². The maximum Gasteiger partial charge on any atom is 0.310 e. The maximum atomic E-state index is 13.2. The van der Waals surface area contributed by atoms with E-state index in [4.69, 9.17) is 9.47 Å². The summed E-state index contributed by atoms with van der Waals surface area (Å²) in [7, 11) is 0. The molecule has 0 aromatic heterocycles. The average Bonchev–Trinajstić information content (AvgIpc) is 2.73. The lowest BCUT2D eigenvalue weighted by Crippen LogP contribution is -2.43. The molecule has 0 aromatic rings. The first-order chi connectivity index (χ1) is 13.7. The third-order valence-electron chi connectivity index (χ3n) is 6.73. The van der Waals surface area contributed by atoms with Crippen molar-refractivity contribution in [3.05, 3.63) is 0 Å². The van der Waals surface area contributed by atoms with Gasteiger partial charge in [0, 0.05) is 0 Å². The molecule has 2 aliphatic carbocycles. The topological polar surface area (TPSA) is 52.6 Å². The van der Waals surface area contributed by atoms with Crippen molar-refractivity contribution in [2.75, 3.05) is 13.2 Å². The van der Waals surface area contributed by atoms with Gasteiger partial charge in [-0.15, -0.1) is 0 Å². The van der Waals surface area contributed by atoms with Gasteiger partial charge in [-0.2, -0.15) is 0 Å². The van der Waals surface area contributed by atoms with Crippen molar-refractivity contribution in [1.29, 1.82) is 0 Å². The first kappa shape index (κ1) is 23.2. The van der Waals surface area contributed by atoms with Crippen LogP contribution in [0, 0.1) is 23.7 Å². The molecule has 2 atom stereocenters. The van der Waals surface area contributed by atoms with Crippen molar-refractivity contribution in [2.45, 2.75) is 104 Å². The molecule has 0 aromatic carbocycles. The van der Waals surface area contributed by atoms with Crippen LogP contribution in [0.2, 0.25) is 0 Å². The number of hydrogen-bond acceptors (Lipinski definition) is 4. The molecule has 2 unspecified atom stereocenters. The molecule has 0 amide bonds. The molecule has 2 rings (SSSR count). The molecule has 0 saturated heterocycles. The number of unbranched alkanes of at least 4 members (excludes halogenated alkanes) is 2. The molecule has 4 heteroatoms. The maximum absolute atomic E-state index is 13.2. The van der Waals surface area contributed by atoms with E-state index < -0.39 is 0 Å². The van der Waals surface area contributed by atoms with Gasteiger partial charge in [0.05, 0.1) is 25.0 Å². The van der Waals surface area contributed by atoms with Crippen molar-refractivity contribution < 1.29 is 19.1 Å². The lowest BCUT2D eigenvalue weighted by molar-refractivity contribution is -0.167. The summed E-state index contributed by atoms with van der Waals surface area (Å²) in [6, 6.07) is 0. The summed E-state index contributed by atoms with van der Waals surface area (Å²) in [5.74, 6) is -0.349. The summed E-state index contributed by atoms with van der Waals surface area (Å²) in [5.41, 5.74) is 0. The van der Waals surface area contributed by atoms with Crippen LogP contribution in [0.1, 0.15) is 104 Å². The molecule has 0 radical (unpaired) electrons. The minimum atomic E-state index is -0.311. The van der Waals surface area contributed by atoms with Crippen molar-refractivity contribution >= 4 is 11.9 Å². The van der Waals surface area contributed by atoms with Gasteiger partial charge in [-0.05, 0) is 50.4 Å². The number of esters is 2. The number of hydrogen-bond donors (Lipinski definition) is 0. The van der Waals surface area contributed by atoms with Crippen LogP contribution in [-0.4, -0.2) is 25.2 Å². The van der Waals surface area contributed by atoms with Gasteiger partial charge in [-0.3, -0.25) is 9.59 Å². The highest BCUT2D eigenvalue weighted by Gasteiger charge is 2.45. The number of rotatable bonds is 11. The molecule has 0 heterocycles. The number of ether oxygens (including phenoxy) is 2. The van der Waals surface area contributed by atoms with Crippen LogP contribution in [0.4, 0.5) is 0 Å². The summed E-state index contributed by atoms with van der Waals surface area (Å²) in [6.07, 6.45) is 15.1. The van der Waals surface area contributed by atoms with E-state index in [1.807, 2.05) is 0 Å². The lowest BCUT2D eigenvalue weighted by atomic mass is 9.67. The van der Waals surface area contributed by atoms with E-state index in [1.165, 1.54) is 12.8 Å². The third kappa shape index (κ3) is 7.08. The first-order valence-corrected chi connectivity index (χ1v) is 12.0. The van der Waals surface area contributed by atoms with Gasteiger partial charge >= 0.3 is 11.9 Å². The van der Waals surface area contributed by atoms with Crippen molar-refractivity contribution in [3.63, 3.8) is 0 Å². The standard InChI is InChI=1S/C24H42O4/c1-3-5-17-27-23(25)21(19-13-9-7-10-14-19)22(20-15-11-8-12-16-20)24(26)28-18-6-4-2/h19-22H,3-18H2,1-2H3. The van der Waals surface area contributed by atoms with E-state index in [-0.39, 0.29) is 35.6 Å². The molecular formula is C24H42O4. The predicted molar refractivity (Wildman–Crippen MR) is 112 cm³/mol. The molecule has 0 bridgehead atoms. The summed E-state index contributed by atoms with van der Waals surface area (Å²) >= 11 is 0. The SMILES string of the molecule is CCCCOC(=O)C(C1CCCCC1)C(C(=O)OCCCC)C1CCCCC1. The Hall–Kier alpha value is -1.06. The summed E-state index contributed by atoms with van der Waals surface area (Å²) in [5, 5.41) is 0. The molecule has 28 heavy (non-hydrogen) atoms. The highest BCUT2D eigenvalue weighted by atomic mass is 16.5. The highest BCUT2D eigenvalue weighted by Crippen LogP contribution is 2.42. The third-order valence-corrected chi connectivity index (χ3v) is 6.73. The Bertz CT molecular complexity index is 408. The second-order valence-electron chi connectivity index (χ2n) is 8.89. The molecule has 162 valence electrons. The van der Waals surface area contributed by atoms with E-state index in [2.05, 4.69) is 13.8 Å². The Morgan fingerprint density at radius 1 is 0.679 bits per heavy atom. The molecular weight excluding hydrogens is 352 g/mol. The van der Waals surface area contributed by atoms with Gasteiger partial charge in [0.25, 0.3) is 0 Å². The summed E-state index contributed by atoms with van der Waals surface area (Å²) in [6.45, 7) is 5.15. The zero-order chi connectivity index (χ0) is 20.2. The fourth-order valence-electron chi connectivity index (χ4n) is 5.08. The lowest BCUT2D eigenvalue weighted by Gasteiger charge is -2.38. The van der Waals surface area contributed by atoms with Crippen LogP contribution in [0.3, 0.4) is 0 Å². The normalized spacial score (nSPS) is 21.1. The Morgan fingerprint density at radius 2 is 1.04 bits per heavy atom. The van der Waals surface area contributed by atoms with Crippen LogP contribution in [0.25, 0.3) is 0 Å². The number of carbonyl (C=O) groups is 2. The summed E-state index contributed by atoms with van der Waals surface area (Å²) < 4.78 is 11.4. The second-order valence-corrected chi connectivity index (χ2v) is 8.89. The van der Waals surface area contributed by atoms with Crippen LogP contribution >= 0.6 is 0 Å². The molecule has 0 N–H and O–H groups in total. The zero-order valence-corrected chi connectivity index (χ0v) is 18.3. The average molecular weight is 395 g/mol. The van der Waals surface area contributed by atoms with Gasteiger partial charge in [-0.25, -0.2) is 0 Å². The van der Waals surface area contributed by atoms with Gasteiger partial charge < -0.3 is 9.47 Å². The van der Waals surface area contributed by atoms with Gasteiger partial charge in [0.2, 0.25) is 0 Å². The monoisotopic (exact) mass is 394 g/mol. The van der Waals surface area contributed by atoms with Gasteiger partial charge in [-0.1, -0.05) is 65.2 Å².